The summed E-state index contributed by atoms with van der Waals surface area (Å²) in [5.41, 5.74) is 2.98. The van der Waals surface area contributed by atoms with Crippen LogP contribution >= 0.6 is 0 Å². The molecule has 1 aromatic heterocycles. The van der Waals surface area contributed by atoms with Crippen molar-refractivity contribution in [2.75, 3.05) is 12.3 Å². The highest BCUT2D eigenvalue weighted by Gasteiger charge is 2.55. The number of hydrogen-bond donors (Lipinski definition) is 3. The van der Waals surface area contributed by atoms with E-state index in [1.165, 1.54) is 6.20 Å². The van der Waals surface area contributed by atoms with Crippen molar-refractivity contribution in [3.63, 3.8) is 0 Å². The van der Waals surface area contributed by atoms with E-state index in [-0.39, 0.29) is 5.82 Å². The van der Waals surface area contributed by atoms with Gasteiger partial charge in [0.25, 0.3) is 0 Å². The Morgan fingerprint density at radius 3 is 2.84 bits per heavy atom. The van der Waals surface area contributed by atoms with Gasteiger partial charge in [0.2, 0.25) is 0 Å². The molecule has 2 rings (SSSR count). The summed E-state index contributed by atoms with van der Waals surface area (Å²) in [6, 6.07) is 0. The predicted octanol–water partition coefficient (Wildman–Crippen LogP) is -0.887. The zero-order valence-electron chi connectivity index (χ0n) is 10.6. The first-order chi connectivity index (χ1) is 8.78. The molecule has 1 saturated heterocycles. The number of hydrogen-bond acceptors (Lipinski definition) is 6. The highest BCUT2D eigenvalue weighted by Crippen LogP contribution is 2.40. The van der Waals surface area contributed by atoms with E-state index >= 15 is 0 Å². The minimum Gasteiger partial charge on any atom is -0.394 e. The fourth-order valence-electron chi connectivity index (χ4n) is 2.11. The molecule has 0 amide bonds. The number of anilines is 1. The lowest BCUT2D eigenvalue weighted by molar-refractivity contribution is -0.0611. The number of aliphatic hydroxyl groups is 2. The van der Waals surface area contributed by atoms with Crippen molar-refractivity contribution in [1.29, 1.82) is 0 Å². The van der Waals surface area contributed by atoms with Gasteiger partial charge in [-0.3, -0.25) is 4.57 Å². The van der Waals surface area contributed by atoms with Crippen molar-refractivity contribution >= 4 is 5.82 Å². The average Bonchev–Trinajstić information content (AvgIpc) is 2.56. The summed E-state index contributed by atoms with van der Waals surface area (Å²) in [6.07, 6.45) is -2.67. The number of aromatic nitrogens is 2. The number of aliphatic hydroxyl groups excluding tert-OH is 2. The number of rotatable bonds is 2. The topological polar surface area (TPSA) is 111 Å². The third kappa shape index (κ3) is 2.11. The average molecular weight is 273 g/mol. The summed E-state index contributed by atoms with van der Waals surface area (Å²) in [5, 5.41) is 18.8. The number of nitrogens with two attached hydrogens (primary N) is 1. The van der Waals surface area contributed by atoms with Gasteiger partial charge in [-0.15, -0.1) is 0 Å². The molecular weight excluding hydrogens is 257 g/mol. The van der Waals surface area contributed by atoms with E-state index in [0.29, 0.717) is 5.56 Å². The molecule has 1 aromatic rings. The van der Waals surface area contributed by atoms with Gasteiger partial charge in [-0.25, -0.2) is 9.18 Å². The van der Waals surface area contributed by atoms with Crippen molar-refractivity contribution in [1.82, 2.24) is 9.55 Å². The first-order valence-electron chi connectivity index (χ1n) is 5.77. The van der Waals surface area contributed by atoms with Gasteiger partial charge in [0, 0.05) is 11.8 Å². The standard InChI is InChI=1S/C11H16FN3O4/c1-5-3-15(10(18)14-8(5)13)9-11(2,12)7(17)6(4-16)19-9/h3,6-7,9,16-17H,4H2,1-2H3,(H2,13,14,18)/t6-,7?,9-,11?/m1/s1. The molecule has 0 aliphatic carbocycles. The predicted molar refractivity (Wildman–Crippen MR) is 64.2 cm³/mol. The van der Waals surface area contributed by atoms with Crippen LogP contribution in [0.2, 0.25) is 0 Å². The lowest BCUT2D eigenvalue weighted by Gasteiger charge is -2.25. The summed E-state index contributed by atoms with van der Waals surface area (Å²) in [7, 11) is 0. The Morgan fingerprint density at radius 2 is 2.32 bits per heavy atom. The quantitative estimate of drug-likeness (QED) is 0.645. The van der Waals surface area contributed by atoms with Crippen LogP contribution in [0.25, 0.3) is 0 Å². The van der Waals surface area contributed by atoms with Crippen molar-refractivity contribution < 1.29 is 19.3 Å². The third-order valence-electron chi connectivity index (χ3n) is 3.32. The number of nitrogen functional groups attached to an aromatic ring is 1. The van der Waals surface area contributed by atoms with Crippen LogP contribution in [0.3, 0.4) is 0 Å². The van der Waals surface area contributed by atoms with Gasteiger partial charge in [-0.2, -0.15) is 4.98 Å². The minimum absolute atomic E-state index is 0.0547. The molecule has 2 heterocycles. The number of ether oxygens (including phenoxy) is 1. The molecule has 0 bridgehead atoms. The summed E-state index contributed by atoms with van der Waals surface area (Å²) >= 11 is 0. The van der Waals surface area contributed by atoms with Gasteiger partial charge in [-0.05, 0) is 13.8 Å². The molecule has 0 saturated carbocycles. The van der Waals surface area contributed by atoms with Gasteiger partial charge in [0.05, 0.1) is 6.61 Å². The zero-order chi connectivity index (χ0) is 14.4. The van der Waals surface area contributed by atoms with Crippen LogP contribution in [0.1, 0.15) is 18.7 Å². The fraction of sp³-hybridized carbons (Fsp3) is 0.636. The van der Waals surface area contributed by atoms with Crippen LogP contribution in [0, 0.1) is 6.92 Å². The van der Waals surface area contributed by atoms with Crippen molar-refractivity contribution in [2.45, 2.75) is 38.0 Å². The summed E-state index contributed by atoms with van der Waals surface area (Å²) in [6.45, 7) is 2.17. The fourth-order valence-corrected chi connectivity index (χ4v) is 2.11. The highest BCUT2D eigenvalue weighted by molar-refractivity contribution is 5.35. The Hall–Kier alpha value is -1.51. The molecule has 8 heteroatoms. The first-order valence-corrected chi connectivity index (χ1v) is 5.77. The van der Waals surface area contributed by atoms with Crippen molar-refractivity contribution in [2.24, 2.45) is 0 Å². The van der Waals surface area contributed by atoms with Gasteiger partial charge in [-0.1, -0.05) is 0 Å². The molecule has 0 radical (unpaired) electrons. The van der Waals surface area contributed by atoms with E-state index in [1.54, 1.807) is 6.92 Å². The second-order valence-corrected chi connectivity index (χ2v) is 4.80. The van der Waals surface area contributed by atoms with E-state index in [9.17, 15) is 14.3 Å². The molecule has 2 unspecified atom stereocenters. The van der Waals surface area contributed by atoms with Gasteiger partial charge in [0.1, 0.15) is 18.0 Å². The van der Waals surface area contributed by atoms with Crippen LogP contribution in [0.4, 0.5) is 10.2 Å². The third-order valence-corrected chi connectivity index (χ3v) is 3.32. The lowest BCUT2D eigenvalue weighted by Crippen LogP contribution is -2.43. The van der Waals surface area contributed by atoms with E-state index < -0.39 is 36.4 Å². The molecule has 0 aromatic carbocycles. The minimum atomic E-state index is -2.22. The van der Waals surface area contributed by atoms with Crippen LogP contribution in [0.5, 0.6) is 0 Å². The maximum atomic E-state index is 14.5. The van der Waals surface area contributed by atoms with Crippen LogP contribution in [0.15, 0.2) is 11.0 Å². The molecule has 19 heavy (non-hydrogen) atoms. The summed E-state index contributed by atoms with van der Waals surface area (Å²) < 4.78 is 20.6. The molecular formula is C11H16FN3O4. The number of alkyl halides is 1. The van der Waals surface area contributed by atoms with Crippen LogP contribution < -0.4 is 11.4 Å². The van der Waals surface area contributed by atoms with Crippen molar-refractivity contribution in [3.05, 3.63) is 22.2 Å². The van der Waals surface area contributed by atoms with Crippen LogP contribution in [-0.4, -0.2) is 44.2 Å². The lowest BCUT2D eigenvalue weighted by atomic mass is 9.98. The highest BCUT2D eigenvalue weighted by atomic mass is 19.1. The van der Waals surface area contributed by atoms with E-state index in [0.717, 1.165) is 11.5 Å². The van der Waals surface area contributed by atoms with E-state index in [1.807, 2.05) is 0 Å². The van der Waals surface area contributed by atoms with Crippen molar-refractivity contribution in [3.8, 4) is 0 Å². The van der Waals surface area contributed by atoms with Gasteiger partial charge in [0.15, 0.2) is 11.9 Å². The molecule has 4 atom stereocenters. The Balaban J connectivity index is 2.48. The largest absolute Gasteiger partial charge is 0.394 e. The Bertz CT molecular complexity index is 545. The zero-order valence-corrected chi connectivity index (χ0v) is 10.6. The van der Waals surface area contributed by atoms with Crippen LogP contribution in [-0.2, 0) is 4.74 Å². The number of halogens is 1. The first kappa shape index (κ1) is 13.9. The smallest absolute Gasteiger partial charge is 0.351 e. The Labute approximate surface area is 108 Å². The molecule has 4 N–H and O–H groups in total. The molecule has 1 fully saturated rings. The number of nitrogens with zero attached hydrogens (tertiary/aromatic N) is 2. The van der Waals surface area contributed by atoms with Gasteiger partial charge >= 0.3 is 5.69 Å². The van der Waals surface area contributed by atoms with E-state index in [2.05, 4.69) is 4.98 Å². The Morgan fingerprint density at radius 1 is 1.68 bits per heavy atom. The SMILES string of the molecule is Cc1cn([C@@H]2O[C@H](CO)C(O)C2(C)F)c(=O)nc1N. The summed E-state index contributed by atoms with van der Waals surface area (Å²) in [4.78, 5) is 15.3. The van der Waals surface area contributed by atoms with Gasteiger partial charge < -0.3 is 20.7 Å². The summed E-state index contributed by atoms with van der Waals surface area (Å²) in [5.74, 6) is 0.0547. The Kier molecular flexibility index (Phi) is 3.33. The molecule has 1 aliphatic rings. The molecule has 7 nitrogen and oxygen atoms in total. The normalized spacial score (nSPS) is 34.7. The second-order valence-electron chi connectivity index (χ2n) is 4.80. The maximum Gasteiger partial charge on any atom is 0.351 e. The monoisotopic (exact) mass is 273 g/mol. The number of aryl methyl sites for hydroxylation is 1. The van der Waals surface area contributed by atoms with E-state index in [4.69, 9.17) is 15.6 Å². The second kappa shape index (κ2) is 4.55. The molecule has 106 valence electrons. The molecule has 0 spiro atoms. The maximum absolute atomic E-state index is 14.5. The molecule has 1 aliphatic heterocycles.